The zero-order chi connectivity index (χ0) is 18.8. The zero-order valence-corrected chi connectivity index (χ0v) is 15.3. The van der Waals surface area contributed by atoms with Gasteiger partial charge in [0.2, 0.25) is 5.91 Å². The molecule has 4 aromatic rings. The van der Waals surface area contributed by atoms with Crippen molar-refractivity contribution in [2.45, 2.75) is 20.3 Å². The molecule has 0 fully saturated rings. The van der Waals surface area contributed by atoms with E-state index in [0.29, 0.717) is 18.1 Å². The average Bonchev–Trinajstić information content (AvgIpc) is 3.02. The summed E-state index contributed by atoms with van der Waals surface area (Å²) in [6.07, 6.45) is 0.315. The average molecular weight is 356 g/mol. The number of benzene rings is 2. The molecule has 0 bridgehead atoms. The van der Waals surface area contributed by atoms with E-state index in [0.717, 1.165) is 27.7 Å². The van der Waals surface area contributed by atoms with Gasteiger partial charge in [-0.05, 0) is 37.1 Å². The number of fused-ring (bicyclic) bond motifs is 1. The molecule has 0 spiro atoms. The number of nitrogens with one attached hydrogen (secondary N) is 1. The van der Waals surface area contributed by atoms with Gasteiger partial charge in [-0.2, -0.15) is 9.78 Å². The number of carbonyl (C=O) groups excluding carboxylic acids is 1. The summed E-state index contributed by atoms with van der Waals surface area (Å²) in [6.45, 7) is 3.95. The molecule has 5 nitrogen and oxygen atoms in total. The molecule has 0 aliphatic rings. The summed E-state index contributed by atoms with van der Waals surface area (Å²) in [5.74, 6) is 1.23. The van der Waals surface area contributed by atoms with Crippen molar-refractivity contribution in [2.75, 3.05) is 5.32 Å². The highest BCUT2D eigenvalue weighted by Crippen LogP contribution is 2.22. The van der Waals surface area contributed by atoms with Gasteiger partial charge < -0.3 is 5.32 Å². The Balaban J connectivity index is 1.66. The Morgan fingerprint density at radius 2 is 1.74 bits per heavy atom. The molecule has 0 unspecified atom stereocenters. The fraction of sp³-hybridized carbons (Fsp3) is 0.136. The summed E-state index contributed by atoms with van der Waals surface area (Å²) < 4.78 is 1.69. The lowest BCUT2D eigenvalue weighted by atomic mass is 10.1. The third-order valence-corrected chi connectivity index (χ3v) is 4.43. The number of aromatic nitrogens is 3. The van der Waals surface area contributed by atoms with Crippen molar-refractivity contribution in [1.82, 2.24) is 14.8 Å². The lowest BCUT2D eigenvalue weighted by Crippen LogP contribution is -2.17. The molecule has 2 aromatic carbocycles. The van der Waals surface area contributed by atoms with E-state index in [2.05, 4.69) is 23.4 Å². The smallest absolute Gasteiger partial charge is 0.229 e. The van der Waals surface area contributed by atoms with Gasteiger partial charge in [0, 0.05) is 11.5 Å². The summed E-state index contributed by atoms with van der Waals surface area (Å²) >= 11 is 0. The molecule has 0 saturated carbocycles. The Morgan fingerprint density at radius 1 is 1.00 bits per heavy atom. The molecule has 0 saturated heterocycles. The van der Waals surface area contributed by atoms with Gasteiger partial charge in [-0.1, -0.05) is 48.5 Å². The number of hydrogen-bond donors (Lipinski definition) is 1. The number of amides is 1. The van der Waals surface area contributed by atoms with Crippen LogP contribution in [0.2, 0.25) is 0 Å². The molecule has 1 amide bonds. The van der Waals surface area contributed by atoms with Gasteiger partial charge in [-0.3, -0.25) is 4.79 Å². The Hall–Kier alpha value is -3.47. The molecule has 4 rings (SSSR count). The van der Waals surface area contributed by atoms with Crippen LogP contribution in [0.25, 0.3) is 16.7 Å². The third kappa shape index (κ3) is 3.58. The molecule has 2 aromatic heterocycles. The van der Waals surface area contributed by atoms with E-state index in [9.17, 15) is 4.79 Å². The highest BCUT2D eigenvalue weighted by atomic mass is 16.1. The Kier molecular flexibility index (Phi) is 4.42. The topological polar surface area (TPSA) is 59.8 Å². The summed E-state index contributed by atoms with van der Waals surface area (Å²) in [5.41, 5.74) is 3.81. The number of anilines is 1. The predicted octanol–water partition coefficient (Wildman–Crippen LogP) is 4.22. The molecule has 134 valence electrons. The molecular weight excluding hydrogens is 336 g/mol. The van der Waals surface area contributed by atoms with Crippen molar-refractivity contribution in [3.8, 4) is 5.82 Å². The van der Waals surface area contributed by atoms with Crippen LogP contribution in [-0.2, 0) is 11.2 Å². The van der Waals surface area contributed by atoms with E-state index in [-0.39, 0.29) is 5.91 Å². The van der Waals surface area contributed by atoms with Crippen molar-refractivity contribution >= 4 is 22.6 Å². The third-order valence-electron chi connectivity index (χ3n) is 4.43. The molecule has 0 aliphatic heterocycles. The van der Waals surface area contributed by atoms with Crippen LogP contribution in [0.1, 0.15) is 16.8 Å². The standard InChI is InChI=1S/C22H20N4O/c1-15-12-20(23-19-11-7-6-10-18(15)19)26-21(13-16(2)25-26)24-22(27)14-17-8-4-3-5-9-17/h3-13H,14H2,1-2H3,(H,24,27). The van der Waals surface area contributed by atoms with Gasteiger partial charge in [0.25, 0.3) is 0 Å². The van der Waals surface area contributed by atoms with Crippen LogP contribution in [0.5, 0.6) is 0 Å². The maximum Gasteiger partial charge on any atom is 0.229 e. The van der Waals surface area contributed by atoms with Crippen LogP contribution in [0.3, 0.4) is 0 Å². The first-order chi connectivity index (χ1) is 13.1. The highest BCUT2D eigenvalue weighted by Gasteiger charge is 2.13. The van der Waals surface area contributed by atoms with Crippen molar-refractivity contribution < 1.29 is 4.79 Å². The van der Waals surface area contributed by atoms with Crippen LogP contribution in [0, 0.1) is 13.8 Å². The lowest BCUT2D eigenvalue weighted by molar-refractivity contribution is -0.115. The van der Waals surface area contributed by atoms with E-state index in [4.69, 9.17) is 4.98 Å². The number of carbonyl (C=O) groups is 1. The minimum atomic E-state index is -0.0835. The number of pyridine rings is 1. The Morgan fingerprint density at radius 3 is 2.56 bits per heavy atom. The predicted molar refractivity (Wildman–Crippen MR) is 107 cm³/mol. The monoisotopic (exact) mass is 356 g/mol. The Labute approximate surface area is 157 Å². The van der Waals surface area contributed by atoms with E-state index in [1.54, 1.807) is 4.68 Å². The second kappa shape index (κ2) is 7.03. The number of rotatable bonds is 4. The molecule has 5 heteroatoms. The fourth-order valence-corrected chi connectivity index (χ4v) is 3.17. The fourth-order valence-electron chi connectivity index (χ4n) is 3.17. The van der Waals surface area contributed by atoms with Gasteiger partial charge in [0.15, 0.2) is 5.82 Å². The summed E-state index contributed by atoms with van der Waals surface area (Å²) in [5, 5.41) is 8.61. The van der Waals surface area contributed by atoms with Gasteiger partial charge >= 0.3 is 0 Å². The summed E-state index contributed by atoms with van der Waals surface area (Å²) in [7, 11) is 0. The number of aryl methyl sites for hydroxylation is 2. The number of para-hydroxylation sites is 1. The van der Waals surface area contributed by atoms with Crippen LogP contribution in [0.15, 0.2) is 66.7 Å². The minimum absolute atomic E-state index is 0.0835. The van der Waals surface area contributed by atoms with Gasteiger partial charge in [-0.15, -0.1) is 0 Å². The lowest BCUT2D eigenvalue weighted by Gasteiger charge is -2.10. The van der Waals surface area contributed by atoms with Crippen LogP contribution in [-0.4, -0.2) is 20.7 Å². The van der Waals surface area contributed by atoms with Gasteiger partial charge in [-0.25, -0.2) is 4.98 Å². The quantitative estimate of drug-likeness (QED) is 0.596. The number of nitrogens with zero attached hydrogens (tertiary/aromatic N) is 3. The summed E-state index contributed by atoms with van der Waals surface area (Å²) in [4.78, 5) is 17.2. The van der Waals surface area contributed by atoms with Crippen molar-refractivity contribution in [3.63, 3.8) is 0 Å². The first-order valence-corrected chi connectivity index (χ1v) is 8.87. The van der Waals surface area contributed by atoms with Crippen LogP contribution in [0.4, 0.5) is 5.82 Å². The van der Waals surface area contributed by atoms with E-state index >= 15 is 0 Å². The second-order valence-corrected chi connectivity index (χ2v) is 6.61. The van der Waals surface area contributed by atoms with E-state index in [1.807, 2.05) is 67.6 Å². The molecule has 1 N–H and O–H groups in total. The molecule has 0 aliphatic carbocycles. The first kappa shape index (κ1) is 17.0. The van der Waals surface area contributed by atoms with E-state index in [1.165, 1.54) is 0 Å². The molecule has 27 heavy (non-hydrogen) atoms. The number of hydrogen-bond acceptors (Lipinski definition) is 3. The van der Waals surface area contributed by atoms with Crippen LogP contribution >= 0.6 is 0 Å². The van der Waals surface area contributed by atoms with Crippen LogP contribution < -0.4 is 5.32 Å². The first-order valence-electron chi connectivity index (χ1n) is 8.87. The molecule has 0 radical (unpaired) electrons. The van der Waals surface area contributed by atoms with Crippen molar-refractivity contribution in [2.24, 2.45) is 0 Å². The maximum atomic E-state index is 12.5. The largest absolute Gasteiger partial charge is 0.310 e. The van der Waals surface area contributed by atoms with E-state index < -0.39 is 0 Å². The maximum absolute atomic E-state index is 12.5. The normalized spacial score (nSPS) is 10.9. The van der Waals surface area contributed by atoms with Crippen molar-refractivity contribution in [3.05, 3.63) is 83.6 Å². The molecular formula is C22H20N4O. The minimum Gasteiger partial charge on any atom is -0.310 e. The molecule has 2 heterocycles. The zero-order valence-electron chi connectivity index (χ0n) is 15.3. The van der Waals surface area contributed by atoms with Crippen molar-refractivity contribution in [1.29, 1.82) is 0 Å². The van der Waals surface area contributed by atoms with Gasteiger partial charge in [0.05, 0.1) is 17.6 Å². The SMILES string of the molecule is Cc1cc(NC(=O)Cc2ccccc2)n(-c2cc(C)c3ccccc3n2)n1. The molecule has 0 atom stereocenters. The summed E-state index contributed by atoms with van der Waals surface area (Å²) in [6, 6.07) is 21.5. The van der Waals surface area contributed by atoms with Gasteiger partial charge in [0.1, 0.15) is 5.82 Å². The highest BCUT2D eigenvalue weighted by molar-refractivity contribution is 5.92. The second-order valence-electron chi connectivity index (χ2n) is 6.61. The Bertz CT molecular complexity index is 1120.